The Morgan fingerprint density at radius 1 is 1.32 bits per heavy atom. The number of amides is 2. The largest absolute Gasteiger partial charge is 0.335 e. The first-order valence-corrected chi connectivity index (χ1v) is 10.5. The number of nitrogens with zero attached hydrogens (tertiary/aromatic N) is 2. The third kappa shape index (κ3) is 4.57. The van der Waals surface area contributed by atoms with Gasteiger partial charge in [-0.2, -0.15) is 0 Å². The fourth-order valence-corrected chi connectivity index (χ4v) is 4.30. The number of anilines is 1. The molecule has 0 saturated heterocycles. The zero-order chi connectivity index (χ0) is 19.3. The molecule has 1 N–H and O–H groups in total. The highest BCUT2D eigenvalue weighted by molar-refractivity contribution is 7.09. The van der Waals surface area contributed by atoms with Gasteiger partial charge in [0.1, 0.15) is 5.82 Å². The average molecular weight is 394 g/mol. The molecule has 5 nitrogen and oxygen atoms in total. The molecule has 0 unspecified atom stereocenters. The summed E-state index contributed by atoms with van der Waals surface area (Å²) in [6.45, 7) is 1.42. The minimum absolute atomic E-state index is 0.0151. The molecule has 2 aliphatic rings. The summed E-state index contributed by atoms with van der Waals surface area (Å²) in [5, 5.41) is 4.93. The molecule has 2 aliphatic heterocycles. The van der Waals surface area contributed by atoms with E-state index in [2.05, 4.69) is 33.9 Å². The third-order valence-electron chi connectivity index (χ3n) is 5.11. The summed E-state index contributed by atoms with van der Waals surface area (Å²) in [6, 6.07) is 6.24. The average Bonchev–Trinajstić information content (AvgIpc) is 3.14. The summed E-state index contributed by atoms with van der Waals surface area (Å²) in [7, 11) is 0. The maximum absolute atomic E-state index is 12.5. The Bertz CT molecular complexity index is 931. The summed E-state index contributed by atoms with van der Waals surface area (Å²) in [6.07, 6.45) is 11.4. The number of thiophene rings is 1. The van der Waals surface area contributed by atoms with E-state index < -0.39 is 0 Å². The number of aryl methyl sites for hydroxylation is 1. The minimum atomic E-state index is 0.0151. The van der Waals surface area contributed by atoms with E-state index in [1.54, 1.807) is 23.6 Å². The summed E-state index contributed by atoms with van der Waals surface area (Å²) < 4.78 is 0. The molecular weight excluding hydrogens is 370 g/mol. The molecule has 2 amide bonds. The third-order valence-corrected chi connectivity index (χ3v) is 5.99. The molecule has 0 saturated carbocycles. The maximum Gasteiger partial charge on any atom is 0.246 e. The van der Waals surface area contributed by atoms with Gasteiger partial charge in [0, 0.05) is 43.1 Å². The quantitative estimate of drug-likeness (QED) is 0.634. The maximum atomic E-state index is 12.5. The van der Waals surface area contributed by atoms with E-state index in [-0.39, 0.29) is 11.8 Å². The van der Waals surface area contributed by atoms with Crippen LogP contribution in [0.5, 0.6) is 0 Å². The second-order valence-electron chi connectivity index (χ2n) is 7.16. The van der Waals surface area contributed by atoms with E-state index >= 15 is 0 Å². The second kappa shape index (κ2) is 8.52. The lowest BCUT2D eigenvalue weighted by Gasteiger charge is -2.25. The van der Waals surface area contributed by atoms with Crippen molar-refractivity contribution in [3.63, 3.8) is 0 Å². The lowest BCUT2D eigenvalue weighted by Crippen LogP contribution is -2.33. The first kappa shape index (κ1) is 18.6. The van der Waals surface area contributed by atoms with Gasteiger partial charge in [0.15, 0.2) is 0 Å². The van der Waals surface area contributed by atoms with E-state index in [1.165, 1.54) is 10.5 Å². The van der Waals surface area contributed by atoms with Gasteiger partial charge in [0.05, 0.1) is 0 Å². The molecule has 0 atom stereocenters. The highest BCUT2D eigenvalue weighted by atomic mass is 32.1. The van der Waals surface area contributed by atoms with Crippen molar-refractivity contribution in [2.45, 2.75) is 32.1 Å². The van der Waals surface area contributed by atoms with Crippen LogP contribution in [0.1, 0.15) is 35.3 Å². The van der Waals surface area contributed by atoms with E-state index in [9.17, 15) is 9.59 Å². The van der Waals surface area contributed by atoms with Gasteiger partial charge in [-0.05, 0) is 54.0 Å². The van der Waals surface area contributed by atoms with Crippen molar-refractivity contribution in [2.24, 2.45) is 0 Å². The Balaban J connectivity index is 1.36. The van der Waals surface area contributed by atoms with Gasteiger partial charge in [0.2, 0.25) is 11.8 Å². The fraction of sp³-hybridized carbons (Fsp3) is 0.318. The number of nitrogens with one attached hydrogen (secondary N) is 1. The van der Waals surface area contributed by atoms with Crippen LogP contribution >= 0.6 is 11.3 Å². The van der Waals surface area contributed by atoms with Crippen LogP contribution < -0.4 is 5.32 Å². The van der Waals surface area contributed by atoms with Crippen LogP contribution in [0, 0.1) is 0 Å². The standard InChI is InChI=1S/C22H23N3O2S/c26-20-5-1-3-18-13-17(15-23-22(18)24-20)6-7-21(27)25-10-8-16(9-11-25)14-19-4-2-12-28-19/h2,4,6-8,12-13,15H,1,3,5,9-11,14H2,(H,23,24,26). The predicted octanol–water partition coefficient (Wildman–Crippen LogP) is 3.83. The SMILES string of the molecule is O=C1CCCc2cc(C=CC(=O)N3CC=C(Cc4cccs4)CC3)cnc2N1. The van der Waals surface area contributed by atoms with Crippen molar-refractivity contribution < 1.29 is 9.59 Å². The normalized spacial score (nSPS) is 17.1. The minimum Gasteiger partial charge on any atom is -0.335 e. The van der Waals surface area contributed by atoms with Crippen LogP contribution in [0.4, 0.5) is 5.82 Å². The highest BCUT2D eigenvalue weighted by Crippen LogP contribution is 2.22. The molecule has 144 valence electrons. The Hall–Kier alpha value is -2.73. The van der Waals surface area contributed by atoms with Gasteiger partial charge in [-0.25, -0.2) is 4.98 Å². The van der Waals surface area contributed by atoms with Gasteiger partial charge in [-0.15, -0.1) is 11.3 Å². The van der Waals surface area contributed by atoms with Crippen molar-refractivity contribution in [2.75, 3.05) is 18.4 Å². The zero-order valence-corrected chi connectivity index (χ0v) is 16.5. The van der Waals surface area contributed by atoms with E-state index in [0.29, 0.717) is 18.8 Å². The van der Waals surface area contributed by atoms with Crippen molar-refractivity contribution in [1.82, 2.24) is 9.88 Å². The molecule has 4 heterocycles. The Labute approximate surface area is 168 Å². The van der Waals surface area contributed by atoms with Gasteiger partial charge >= 0.3 is 0 Å². The molecule has 0 spiro atoms. The molecular formula is C22H23N3O2S. The number of carbonyl (C=O) groups excluding carboxylic acids is 2. The molecule has 0 aromatic carbocycles. The monoisotopic (exact) mass is 393 g/mol. The Kier molecular flexibility index (Phi) is 5.67. The zero-order valence-electron chi connectivity index (χ0n) is 15.7. The molecule has 0 aliphatic carbocycles. The van der Waals surface area contributed by atoms with Crippen molar-refractivity contribution >= 4 is 35.0 Å². The van der Waals surface area contributed by atoms with Crippen molar-refractivity contribution in [3.8, 4) is 0 Å². The molecule has 4 rings (SSSR count). The number of rotatable bonds is 4. The highest BCUT2D eigenvalue weighted by Gasteiger charge is 2.16. The van der Waals surface area contributed by atoms with E-state index in [4.69, 9.17) is 0 Å². The van der Waals surface area contributed by atoms with Gasteiger partial charge in [-0.3, -0.25) is 9.59 Å². The predicted molar refractivity (Wildman–Crippen MR) is 112 cm³/mol. The van der Waals surface area contributed by atoms with Crippen LogP contribution in [-0.4, -0.2) is 34.8 Å². The smallest absolute Gasteiger partial charge is 0.246 e. The Morgan fingerprint density at radius 2 is 2.25 bits per heavy atom. The van der Waals surface area contributed by atoms with Crippen LogP contribution in [0.25, 0.3) is 6.08 Å². The molecule has 2 aromatic rings. The fourth-order valence-electron chi connectivity index (χ4n) is 3.54. The van der Waals surface area contributed by atoms with Gasteiger partial charge in [-0.1, -0.05) is 17.7 Å². The number of fused-ring (bicyclic) bond motifs is 1. The van der Waals surface area contributed by atoms with Gasteiger partial charge in [0.25, 0.3) is 0 Å². The number of hydrogen-bond donors (Lipinski definition) is 1. The number of aromatic nitrogens is 1. The molecule has 28 heavy (non-hydrogen) atoms. The second-order valence-corrected chi connectivity index (χ2v) is 8.20. The summed E-state index contributed by atoms with van der Waals surface area (Å²) in [4.78, 5) is 31.7. The molecule has 0 radical (unpaired) electrons. The molecule has 6 heteroatoms. The summed E-state index contributed by atoms with van der Waals surface area (Å²) in [5.41, 5.74) is 3.32. The molecule has 0 bridgehead atoms. The summed E-state index contributed by atoms with van der Waals surface area (Å²) in [5.74, 6) is 0.682. The van der Waals surface area contributed by atoms with E-state index in [0.717, 1.165) is 43.4 Å². The number of pyridine rings is 1. The number of hydrogen-bond acceptors (Lipinski definition) is 4. The lowest BCUT2D eigenvalue weighted by molar-refractivity contribution is -0.125. The first-order chi connectivity index (χ1) is 13.7. The molecule has 2 aromatic heterocycles. The van der Waals surface area contributed by atoms with Crippen LogP contribution in [0.2, 0.25) is 0 Å². The number of carbonyl (C=O) groups is 2. The topological polar surface area (TPSA) is 62.3 Å². The molecule has 0 fully saturated rings. The lowest BCUT2D eigenvalue weighted by atomic mass is 10.0. The van der Waals surface area contributed by atoms with Crippen molar-refractivity contribution in [1.29, 1.82) is 0 Å². The van der Waals surface area contributed by atoms with Crippen LogP contribution in [0.15, 0.2) is 47.5 Å². The van der Waals surface area contributed by atoms with Crippen molar-refractivity contribution in [3.05, 3.63) is 63.5 Å². The van der Waals surface area contributed by atoms with Crippen LogP contribution in [0.3, 0.4) is 0 Å². The Morgan fingerprint density at radius 3 is 3.04 bits per heavy atom. The van der Waals surface area contributed by atoms with Gasteiger partial charge < -0.3 is 10.2 Å². The first-order valence-electron chi connectivity index (χ1n) is 9.63. The van der Waals surface area contributed by atoms with E-state index in [1.807, 2.05) is 17.0 Å². The van der Waals surface area contributed by atoms with Crippen LogP contribution in [-0.2, 0) is 22.4 Å². The summed E-state index contributed by atoms with van der Waals surface area (Å²) >= 11 is 1.78.